The van der Waals surface area contributed by atoms with Crippen molar-refractivity contribution in [2.75, 3.05) is 19.7 Å². The quantitative estimate of drug-likeness (QED) is 0.758. The van der Waals surface area contributed by atoms with Crippen molar-refractivity contribution in [3.63, 3.8) is 0 Å². The lowest BCUT2D eigenvalue weighted by atomic mass is 9.92. The minimum Gasteiger partial charge on any atom is -0.485 e. The molecule has 2 aromatic carbocycles. The molecule has 0 aliphatic carbocycles. The summed E-state index contributed by atoms with van der Waals surface area (Å²) in [5.74, 6) is -0.505. The van der Waals surface area contributed by atoms with Gasteiger partial charge in [0.1, 0.15) is 6.61 Å². The number of carbonyl (C=O) groups is 2. The van der Waals surface area contributed by atoms with Gasteiger partial charge < -0.3 is 24.6 Å². The smallest absolute Gasteiger partial charge is 0.335 e. The molecule has 2 N–H and O–H groups in total. The number of benzene rings is 2. The van der Waals surface area contributed by atoms with E-state index in [1.807, 2.05) is 36.4 Å². The molecule has 1 amide bonds. The molecule has 2 aromatic rings. The van der Waals surface area contributed by atoms with Gasteiger partial charge in [-0.25, -0.2) is 4.79 Å². The van der Waals surface area contributed by atoms with Crippen molar-refractivity contribution < 1.29 is 29.3 Å². The number of carbonyl (C=O) groups excluding carboxylic acids is 1. The summed E-state index contributed by atoms with van der Waals surface area (Å²) < 4.78 is 11.5. The molecule has 1 aliphatic heterocycles. The monoisotopic (exact) mass is 385 g/mol. The van der Waals surface area contributed by atoms with Crippen LogP contribution in [0.3, 0.4) is 0 Å². The van der Waals surface area contributed by atoms with Gasteiger partial charge in [-0.05, 0) is 17.7 Å². The summed E-state index contributed by atoms with van der Waals surface area (Å²) >= 11 is 0. The first-order valence-corrected chi connectivity index (χ1v) is 9.10. The Morgan fingerprint density at radius 2 is 1.50 bits per heavy atom. The molecule has 7 heteroatoms. The lowest BCUT2D eigenvalue weighted by molar-refractivity contribution is -0.165. The van der Waals surface area contributed by atoms with E-state index in [9.17, 15) is 14.7 Å². The molecule has 0 saturated carbocycles. The number of nitrogens with zero attached hydrogens (tertiary/aromatic N) is 1. The summed E-state index contributed by atoms with van der Waals surface area (Å²) in [4.78, 5) is 25.0. The third-order valence-electron chi connectivity index (χ3n) is 4.78. The van der Waals surface area contributed by atoms with E-state index in [4.69, 9.17) is 14.6 Å². The highest BCUT2D eigenvalue weighted by molar-refractivity contribution is 5.80. The second-order valence-electron chi connectivity index (χ2n) is 6.73. The number of hydrogen-bond acceptors (Lipinski definition) is 5. The Kier molecular flexibility index (Phi) is 6.16. The SMILES string of the molecule is O=C(COc1ccccc1OCc1ccccc1)N1CCC(O)(C(=O)O)CC1. The largest absolute Gasteiger partial charge is 0.485 e. The van der Waals surface area contributed by atoms with E-state index < -0.39 is 11.6 Å². The molecule has 1 saturated heterocycles. The van der Waals surface area contributed by atoms with Crippen LogP contribution in [0.25, 0.3) is 0 Å². The highest BCUT2D eigenvalue weighted by atomic mass is 16.5. The average molecular weight is 385 g/mol. The zero-order chi connectivity index (χ0) is 20.0. The van der Waals surface area contributed by atoms with Crippen LogP contribution in [0.4, 0.5) is 0 Å². The maximum Gasteiger partial charge on any atom is 0.335 e. The van der Waals surface area contributed by atoms with Crippen LogP contribution >= 0.6 is 0 Å². The molecular weight excluding hydrogens is 362 g/mol. The topological polar surface area (TPSA) is 96.3 Å². The van der Waals surface area contributed by atoms with Crippen molar-refractivity contribution in [3.8, 4) is 11.5 Å². The number of rotatable bonds is 7. The van der Waals surface area contributed by atoms with E-state index in [1.165, 1.54) is 4.90 Å². The second-order valence-corrected chi connectivity index (χ2v) is 6.73. The number of para-hydroxylation sites is 2. The molecule has 148 valence electrons. The van der Waals surface area contributed by atoms with Crippen molar-refractivity contribution in [2.45, 2.75) is 25.0 Å². The van der Waals surface area contributed by atoms with E-state index in [0.29, 0.717) is 18.1 Å². The maximum atomic E-state index is 12.4. The van der Waals surface area contributed by atoms with Gasteiger partial charge in [0.05, 0.1) is 0 Å². The molecule has 0 unspecified atom stereocenters. The van der Waals surface area contributed by atoms with Crippen LogP contribution in [0.15, 0.2) is 54.6 Å². The van der Waals surface area contributed by atoms with Gasteiger partial charge in [0.2, 0.25) is 0 Å². The first-order chi connectivity index (χ1) is 13.5. The van der Waals surface area contributed by atoms with Crippen LogP contribution in [0.1, 0.15) is 18.4 Å². The first-order valence-electron chi connectivity index (χ1n) is 9.10. The van der Waals surface area contributed by atoms with Crippen molar-refractivity contribution in [3.05, 3.63) is 60.2 Å². The number of aliphatic carboxylic acids is 1. The molecular formula is C21H23NO6. The maximum absolute atomic E-state index is 12.4. The fourth-order valence-electron chi connectivity index (χ4n) is 2.99. The third-order valence-corrected chi connectivity index (χ3v) is 4.78. The van der Waals surface area contributed by atoms with Crippen LogP contribution in [0, 0.1) is 0 Å². The molecule has 1 fully saturated rings. The van der Waals surface area contributed by atoms with E-state index in [2.05, 4.69) is 0 Å². The van der Waals surface area contributed by atoms with E-state index >= 15 is 0 Å². The van der Waals surface area contributed by atoms with E-state index in [-0.39, 0.29) is 38.4 Å². The molecule has 1 aliphatic rings. The molecule has 1 heterocycles. The van der Waals surface area contributed by atoms with Crippen molar-refractivity contribution in [1.82, 2.24) is 4.90 Å². The van der Waals surface area contributed by atoms with Gasteiger partial charge >= 0.3 is 5.97 Å². The van der Waals surface area contributed by atoms with Crippen molar-refractivity contribution in [1.29, 1.82) is 0 Å². The number of piperidine rings is 1. The van der Waals surface area contributed by atoms with Crippen LogP contribution < -0.4 is 9.47 Å². The van der Waals surface area contributed by atoms with Crippen LogP contribution in [0.5, 0.6) is 11.5 Å². The molecule has 0 atom stereocenters. The number of amides is 1. The van der Waals surface area contributed by atoms with Crippen molar-refractivity contribution in [2.24, 2.45) is 0 Å². The van der Waals surface area contributed by atoms with Gasteiger partial charge in [0.25, 0.3) is 5.91 Å². The number of hydrogen-bond donors (Lipinski definition) is 2. The van der Waals surface area contributed by atoms with Crippen LogP contribution in [-0.4, -0.2) is 52.3 Å². The Morgan fingerprint density at radius 3 is 2.11 bits per heavy atom. The molecule has 7 nitrogen and oxygen atoms in total. The normalized spacial score (nSPS) is 15.7. The molecule has 28 heavy (non-hydrogen) atoms. The number of aliphatic hydroxyl groups is 1. The zero-order valence-corrected chi connectivity index (χ0v) is 15.4. The first kappa shape index (κ1) is 19.7. The predicted molar refractivity (Wildman–Crippen MR) is 101 cm³/mol. The summed E-state index contributed by atoms with van der Waals surface area (Å²) in [7, 11) is 0. The van der Waals surface area contributed by atoms with Gasteiger partial charge in [-0.15, -0.1) is 0 Å². The van der Waals surface area contributed by atoms with E-state index in [1.54, 1.807) is 18.2 Å². The van der Waals surface area contributed by atoms with Crippen LogP contribution in [0.2, 0.25) is 0 Å². The minimum absolute atomic E-state index is 0.00481. The Bertz CT molecular complexity index is 815. The lowest BCUT2D eigenvalue weighted by Gasteiger charge is -2.35. The lowest BCUT2D eigenvalue weighted by Crippen LogP contribution is -2.51. The number of carboxylic acids is 1. The number of ether oxygens (including phenoxy) is 2. The van der Waals surface area contributed by atoms with Gasteiger partial charge in [-0.3, -0.25) is 4.79 Å². The average Bonchev–Trinajstić information content (AvgIpc) is 2.72. The summed E-state index contributed by atoms with van der Waals surface area (Å²) in [5, 5.41) is 19.0. The Labute approximate surface area is 163 Å². The Morgan fingerprint density at radius 1 is 0.929 bits per heavy atom. The van der Waals surface area contributed by atoms with Gasteiger partial charge in [0.15, 0.2) is 23.7 Å². The van der Waals surface area contributed by atoms with Gasteiger partial charge in [0, 0.05) is 25.9 Å². The summed E-state index contributed by atoms with van der Waals surface area (Å²) in [6.45, 7) is 0.556. The van der Waals surface area contributed by atoms with Crippen molar-refractivity contribution >= 4 is 11.9 Å². The molecule has 0 radical (unpaired) electrons. The van der Waals surface area contributed by atoms with Gasteiger partial charge in [-0.1, -0.05) is 42.5 Å². The van der Waals surface area contributed by atoms with Crippen LogP contribution in [-0.2, 0) is 16.2 Å². The number of likely N-dealkylation sites (tertiary alicyclic amines) is 1. The standard InChI is InChI=1S/C21H23NO6/c23-19(22-12-10-21(26,11-13-22)20(24)25)15-28-18-9-5-4-8-17(18)27-14-16-6-2-1-3-7-16/h1-9,26H,10-15H2,(H,24,25). The second kappa shape index (κ2) is 8.75. The minimum atomic E-state index is -1.75. The fraction of sp³-hybridized carbons (Fsp3) is 0.333. The number of carboxylic acid groups (broad SMARTS) is 1. The Hall–Kier alpha value is -3.06. The zero-order valence-electron chi connectivity index (χ0n) is 15.4. The molecule has 0 bridgehead atoms. The molecule has 3 rings (SSSR count). The third kappa shape index (κ3) is 4.80. The van der Waals surface area contributed by atoms with E-state index in [0.717, 1.165) is 5.56 Å². The summed E-state index contributed by atoms with van der Waals surface area (Å²) in [6, 6.07) is 16.8. The van der Waals surface area contributed by atoms with Gasteiger partial charge in [-0.2, -0.15) is 0 Å². The Balaban J connectivity index is 1.53. The highest BCUT2D eigenvalue weighted by Gasteiger charge is 2.40. The fourth-order valence-corrected chi connectivity index (χ4v) is 2.99. The summed E-state index contributed by atoms with van der Waals surface area (Å²) in [6.07, 6.45) is 0.00962. The summed E-state index contributed by atoms with van der Waals surface area (Å²) in [5.41, 5.74) is -0.734. The predicted octanol–water partition coefficient (Wildman–Crippen LogP) is 2.08. The highest BCUT2D eigenvalue weighted by Crippen LogP contribution is 2.28. The molecule has 0 spiro atoms. The molecule has 0 aromatic heterocycles.